The highest BCUT2D eigenvalue weighted by Gasteiger charge is 2.21. The lowest BCUT2D eigenvalue weighted by molar-refractivity contribution is 0.0664. The van der Waals surface area contributed by atoms with Crippen molar-refractivity contribution >= 4 is 17.7 Å². The van der Waals surface area contributed by atoms with Crippen LogP contribution in [0.25, 0.3) is 17.1 Å². The molecule has 0 spiro atoms. The van der Waals surface area contributed by atoms with Crippen molar-refractivity contribution in [3.05, 3.63) is 95.1 Å². The maximum atomic E-state index is 13.1. The maximum Gasteiger partial charge on any atom is 0.253 e. The van der Waals surface area contributed by atoms with Gasteiger partial charge in [-0.2, -0.15) is 0 Å². The molecule has 1 amide bonds. The summed E-state index contributed by atoms with van der Waals surface area (Å²) in [5.74, 6) is 1.63. The second kappa shape index (κ2) is 10.7. The van der Waals surface area contributed by atoms with E-state index in [9.17, 15) is 4.79 Å². The maximum absolute atomic E-state index is 13.1. The minimum Gasteiger partial charge on any atom is -0.336 e. The van der Waals surface area contributed by atoms with Crippen LogP contribution in [-0.2, 0) is 5.75 Å². The van der Waals surface area contributed by atoms with Gasteiger partial charge in [-0.05, 0) is 50.7 Å². The average Bonchev–Trinajstić information content (AvgIpc) is 3.32. The van der Waals surface area contributed by atoms with Crippen LogP contribution in [0.1, 0.15) is 27.0 Å². The molecule has 0 bridgehead atoms. The molecular weight excluding hydrogens is 466 g/mol. The molecule has 1 aliphatic rings. The summed E-state index contributed by atoms with van der Waals surface area (Å²) in [5, 5.41) is 9.95. The molecule has 7 heteroatoms. The number of thioether (sulfide) groups is 1. The number of benzene rings is 3. The van der Waals surface area contributed by atoms with E-state index < -0.39 is 0 Å². The van der Waals surface area contributed by atoms with Crippen molar-refractivity contribution in [1.82, 2.24) is 24.6 Å². The second-order valence-corrected chi connectivity index (χ2v) is 10.4. The van der Waals surface area contributed by atoms with E-state index in [0.29, 0.717) is 5.75 Å². The highest BCUT2D eigenvalue weighted by molar-refractivity contribution is 7.98. The van der Waals surface area contributed by atoms with Gasteiger partial charge in [0.05, 0.1) is 0 Å². The fourth-order valence-corrected chi connectivity index (χ4v) is 5.21. The molecule has 3 aromatic carbocycles. The third-order valence-electron chi connectivity index (χ3n) is 6.57. The van der Waals surface area contributed by atoms with Crippen molar-refractivity contribution in [3.63, 3.8) is 0 Å². The highest BCUT2D eigenvalue weighted by atomic mass is 32.2. The first-order chi connectivity index (χ1) is 17.5. The van der Waals surface area contributed by atoms with Gasteiger partial charge in [0.15, 0.2) is 11.0 Å². The average molecular weight is 498 g/mol. The number of nitrogens with zero attached hydrogens (tertiary/aromatic N) is 5. The molecule has 0 N–H and O–H groups in total. The van der Waals surface area contributed by atoms with Crippen molar-refractivity contribution in [3.8, 4) is 17.1 Å². The van der Waals surface area contributed by atoms with Crippen LogP contribution >= 0.6 is 11.8 Å². The van der Waals surface area contributed by atoms with E-state index in [0.717, 1.165) is 59.5 Å². The number of carbonyl (C=O) groups is 1. The lowest BCUT2D eigenvalue weighted by Gasteiger charge is -2.32. The molecule has 0 saturated carbocycles. The lowest BCUT2D eigenvalue weighted by atomic mass is 10.1. The van der Waals surface area contributed by atoms with Crippen LogP contribution in [0.3, 0.4) is 0 Å². The Morgan fingerprint density at radius 1 is 0.861 bits per heavy atom. The van der Waals surface area contributed by atoms with Crippen molar-refractivity contribution in [2.24, 2.45) is 0 Å². The van der Waals surface area contributed by atoms with Gasteiger partial charge in [-0.1, -0.05) is 71.4 Å². The summed E-state index contributed by atoms with van der Waals surface area (Å²) >= 11 is 1.63. The molecule has 1 saturated heterocycles. The van der Waals surface area contributed by atoms with Crippen LogP contribution in [0.2, 0.25) is 0 Å². The Hall–Kier alpha value is -3.42. The van der Waals surface area contributed by atoms with E-state index in [1.165, 1.54) is 11.1 Å². The summed E-state index contributed by atoms with van der Waals surface area (Å²) in [5.41, 5.74) is 6.32. The van der Waals surface area contributed by atoms with Gasteiger partial charge in [0.1, 0.15) is 0 Å². The second-order valence-electron chi connectivity index (χ2n) is 9.43. The summed E-state index contributed by atoms with van der Waals surface area (Å²) in [6.07, 6.45) is 0. The van der Waals surface area contributed by atoms with Gasteiger partial charge in [-0.25, -0.2) is 0 Å². The van der Waals surface area contributed by atoms with Crippen molar-refractivity contribution in [1.29, 1.82) is 0 Å². The molecule has 36 heavy (non-hydrogen) atoms. The Balaban J connectivity index is 1.39. The molecule has 5 rings (SSSR count). The van der Waals surface area contributed by atoms with Gasteiger partial charge < -0.3 is 9.80 Å². The van der Waals surface area contributed by atoms with E-state index in [2.05, 4.69) is 95.2 Å². The van der Waals surface area contributed by atoms with E-state index in [4.69, 9.17) is 0 Å². The largest absolute Gasteiger partial charge is 0.336 e. The summed E-state index contributed by atoms with van der Waals surface area (Å²) in [4.78, 5) is 17.3. The van der Waals surface area contributed by atoms with Crippen molar-refractivity contribution in [2.45, 2.75) is 24.8 Å². The number of likely N-dealkylation sites (N-methyl/N-ethyl adjacent to an activating group) is 1. The number of amides is 1. The molecule has 184 valence electrons. The van der Waals surface area contributed by atoms with Gasteiger partial charge in [-0.3, -0.25) is 9.36 Å². The monoisotopic (exact) mass is 497 g/mol. The number of piperazine rings is 1. The number of aromatic nitrogens is 3. The number of aryl methyl sites for hydroxylation is 2. The molecule has 2 heterocycles. The van der Waals surface area contributed by atoms with Crippen LogP contribution in [0.15, 0.2) is 78.0 Å². The topological polar surface area (TPSA) is 54.3 Å². The molecule has 1 aromatic heterocycles. The molecule has 0 unspecified atom stereocenters. The minimum absolute atomic E-state index is 0.111. The van der Waals surface area contributed by atoms with Crippen LogP contribution in [-0.4, -0.2) is 63.7 Å². The smallest absolute Gasteiger partial charge is 0.253 e. The number of carbonyl (C=O) groups excluding carboxylic acids is 1. The summed E-state index contributed by atoms with van der Waals surface area (Å²) < 4.78 is 2.12. The Kier molecular flexibility index (Phi) is 7.20. The standard InChI is InChI=1S/C29H31N5OS/c1-21-7-11-24(12-8-21)27-30-31-29(34(27)26-13-9-22(2)10-14-26)36-20-23-5-4-6-25(19-23)28(35)33-17-15-32(3)16-18-33/h4-14,19H,15-18,20H2,1-3H3. The van der Waals surface area contributed by atoms with Gasteiger partial charge in [-0.15, -0.1) is 10.2 Å². The van der Waals surface area contributed by atoms with E-state index in [-0.39, 0.29) is 5.91 Å². The predicted molar refractivity (Wildman–Crippen MR) is 146 cm³/mol. The minimum atomic E-state index is 0.111. The van der Waals surface area contributed by atoms with Crippen LogP contribution in [0.4, 0.5) is 0 Å². The van der Waals surface area contributed by atoms with Gasteiger partial charge in [0.25, 0.3) is 5.91 Å². The fourth-order valence-electron chi connectivity index (χ4n) is 4.31. The molecule has 0 aliphatic carbocycles. The Morgan fingerprint density at radius 2 is 1.53 bits per heavy atom. The first kappa shape index (κ1) is 24.3. The van der Waals surface area contributed by atoms with E-state index in [1.54, 1.807) is 11.8 Å². The van der Waals surface area contributed by atoms with Crippen LogP contribution in [0, 0.1) is 13.8 Å². The Bertz CT molecular complexity index is 1340. The Morgan fingerprint density at radius 3 is 2.22 bits per heavy atom. The molecular formula is C29H31N5OS. The predicted octanol–water partition coefficient (Wildman–Crippen LogP) is 5.23. The Labute approximate surface area is 217 Å². The molecule has 0 radical (unpaired) electrons. The van der Waals surface area contributed by atoms with Crippen molar-refractivity contribution < 1.29 is 4.79 Å². The van der Waals surface area contributed by atoms with Crippen LogP contribution < -0.4 is 0 Å². The van der Waals surface area contributed by atoms with Crippen LogP contribution in [0.5, 0.6) is 0 Å². The SMILES string of the molecule is Cc1ccc(-c2nnc(SCc3cccc(C(=O)N4CCN(C)CC4)c3)n2-c2ccc(C)cc2)cc1. The van der Waals surface area contributed by atoms with Gasteiger partial charge in [0, 0.05) is 48.7 Å². The number of hydrogen-bond acceptors (Lipinski definition) is 5. The van der Waals surface area contributed by atoms with E-state index in [1.807, 2.05) is 23.1 Å². The summed E-state index contributed by atoms with van der Waals surface area (Å²) in [6.45, 7) is 7.55. The van der Waals surface area contributed by atoms with Crippen molar-refractivity contribution in [2.75, 3.05) is 33.2 Å². The highest BCUT2D eigenvalue weighted by Crippen LogP contribution is 2.30. The zero-order valence-corrected chi connectivity index (χ0v) is 21.8. The molecule has 0 atom stereocenters. The molecule has 6 nitrogen and oxygen atoms in total. The fraction of sp³-hybridized carbons (Fsp3) is 0.276. The lowest BCUT2D eigenvalue weighted by Crippen LogP contribution is -2.47. The third-order valence-corrected chi connectivity index (χ3v) is 7.57. The first-order valence-corrected chi connectivity index (χ1v) is 13.3. The van der Waals surface area contributed by atoms with Gasteiger partial charge in [0.2, 0.25) is 0 Å². The third kappa shape index (κ3) is 5.37. The summed E-state index contributed by atoms with van der Waals surface area (Å²) in [7, 11) is 2.10. The zero-order valence-electron chi connectivity index (χ0n) is 21.0. The quantitative estimate of drug-likeness (QED) is 0.342. The molecule has 4 aromatic rings. The van der Waals surface area contributed by atoms with E-state index >= 15 is 0 Å². The molecule has 1 fully saturated rings. The number of rotatable bonds is 6. The summed E-state index contributed by atoms with van der Waals surface area (Å²) in [6, 6.07) is 24.8. The normalized spacial score (nSPS) is 14.2. The van der Waals surface area contributed by atoms with Gasteiger partial charge >= 0.3 is 0 Å². The first-order valence-electron chi connectivity index (χ1n) is 12.3. The molecule has 1 aliphatic heterocycles. The zero-order chi connectivity index (χ0) is 25.1. The number of hydrogen-bond donors (Lipinski definition) is 0.